The Kier molecular flexibility index (Phi) is 4.25. The van der Waals surface area contributed by atoms with E-state index in [0.717, 1.165) is 12.0 Å². The largest absolute Gasteiger partial charge is 0.456 e. The molecule has 1 N–H and O–H groups in total. The molecule has 2 saturated heterocycles. The van der Waals surface area contributed by atoms with Gasteiger partial charge in [-0.05, 0) is 44.0 Å². The molecule has 4 rings (SSSR count). The number of ether oxygens (including phenoxy) is 1. The minimum Gasteiger partial charge on any atom is -0.456 e. The van der Waals surface area contributed by atoms with Crippen LogP contribution in [0.25, 0.3) is 0 Å². The number of nitrogens with one attached hydrogen (secondary N) is 1. The van der Waals surface area contributed by atoms with Gasteiger partial charge in [-0.25, -0.2) is 4.79 Å². The van der Waals surface area contributed by atoms with Crippen molar-refractivity contribution in [1.29, 1.82) is 0 Å². The first-order chi connectivity index (χ1) is 12.8. The van der Waals surface area contributed by atoms with E-state index in [9.17, 15) is 19.2 Å². The molecule has 2 amide bonds. The highest BCUT2D eigenvalue weighted by atomic mass is 32.2. The topological polar surface area (TPSA) is 92.8 Å². The van der Waals surface area contributed by atoms with Crippen molar-refractivity contribution >= 4 is 41.0 Å². The van der Waals surface area contributed by atoms with Gasteiger partial charge < -0.3 is 15.0 Å². The molecule has 0 radical (unpaired) electrons. The first kappa shape index (κ1) is 18.0. The number of carbonyl (C=O) groups is 4. The molecule has 1 aromatic carbocycles. The van der Waals surface area contributed by atoms with E-state index < -0.39 is 12.0 Å². The van der Waals surface area contributed by atoms with Crippen molar-refractivity contribution in [2.45, 2.75) is 43.5 Å². The fraction of sp³-hybridized carbons (Fsp3) is 0.474. The number of thioether (sulfide) groups is 1. The zero-order valence-electron chi connectivity index (χ0n) is 15.1. The number of anilines is 1. The summed E-state index contributed by atoms with van der Waals surface area (Å²) >= 11 is 1.58. The van der Waals surface area contributed by atoms with Crippen LogP contribution in [-0.2, 0) is 19.1 Å². The predicted molar refractivity (Wildman–Crippen MR) is 99.5 cm³/mol. The number of nitrogens with zero attached hydrogens (tertiary/aromatic N) is 1. The molecule has 8 heteroatoms. The van der Waals surface area contributed by atoms with E-state index in [1.165, 1.54) is 0 Å². The Labute approximate surface area is 160 Å². The molecule has 3 aliphatic heterocycles. The molecule has 1 aromatic rings. The van der Waals surface area contributed by atoms with Gasteiger partial charge in [0.25, 0.3) is 0 Å². The summed E-state index contributed by atoms with van der Waals surface area (Å²) < 4.78 is 5.23. The number of benzene rings is 1. The Bertz CT molecular complexity index is 870. The van der Waals surface area contributed by atoms with Gasteiger partial charge in [0.05, 0.1) is 10.8 Å². The number of amides is 2. The number of rotatable bonds is 4. The van der Waals surface area contributed by atoms with Gasteiger partial charge >= 0.3 is 5.97 Å². The molecule has 0 aromatic heterocycles. The summed E-state index contributed by atoms with van der Waals surface area (Å²) in [5.74, 6) is -0.845. The minimum atomic E-state index is -0.635. The Morgan fingerprint density at radius 1 is 1.37 bits per heavy atom. The molecule has 3 atom stereocenters. The van der Waals surface area contributed by atoms with E-state index in [0.29, 0.717) is 23.4 Å². The lowest BCUT2D eigenvalue weighted by Gasteiger charge is -2.29. The van der Waals surface area contributed by atoms with Crippen molar-refractivity contribution < 1.29 is 23.9 Å². The molecule has 0 aliphatic carbocycles. The SMILES string of the molecule is C[C@H]1C(=O)Nc2ccc(C(=O)COC(=O)[C@@H]3CS[C@@]4(C)CCC(=O)N34)cc21. The van der Waals surface area contributed by atoms with Crippen LogP contribution in [0.3, 0.4) is 0 Å². The number of Topliss-reactive ketones (excluding diaryl/α,β-unsaturated/α-hetero) is 1. The van der Waals surface area contributed by atoms with Crippen LogP contribution in [0.4, 0.5) is 5.69 Å². The summed E-state index contributed by atoms with van der Waals surface area (Å²) in [6, 6.07) is 4.33. The van der Waals surface area contributed by atoms with Crippen molar-refractivity contribution in [3.8, 4) is 0 Å². The second-order valence-electron chi connectivity index (χ2n) is 7.31. The summed E-state index contributed by atoms with van der Waals surface area (Å²) in [6.45, 7) is 3.35. The van der Waals surface area contributed by atoms with E-state index in [1.54, 1.807) is 41.8 Å². The third-order valence-electron chi connectivity index (χ3n) is 5.55. The first-order valence-corrected chi connectivity index (χ1v) is 9.89. The number of fused-ring (bicyclic) bond motifs is 2. The number of carbonyl (C=O) groups excluding carboxylic acids is 4. The number of ketones is 1. The van der Waals surface area contributed by atoms with Crippen LogP contribution in [-0.4, -0.2) is 51.7 Å². The van der Waals surface area contributed by atoms with E-state index in [1.807, 2.05) is 6.92 Å². The molecular formula is C19H20N2O5S. The van der Waals surface area contributed by atoms with Crippen LogP contribution in [0.15, 0.2) is 18.2 Å². The van der Waals surface area contributed by atoms with E-state index in [-0.39, 0.29) is 35.0 Å². The quantitative estimate of drug-likeness (QED) is 0.626. The molecule has 2 fully saturated rings. The Morgan fingerprint density at radius 2 is 2.15 bits per heavy atom. The molecule has 3 aliphatic rings. The highest BCUT2D eigenvalue weighted by molar-refractivity contribution is 8.01. The van der Waals surface area contributed by atoms with Gasteiger partial charge in [0, 0.05) is 23.4 Å². The second kappa shape index (κ2) is 6.37. The number of hydrogen-bond acceptors (Lipinski definition) is 6. The molecule has 27 heavy (non-hydrogen) atoms. The van der Waals surface area contributed by atoms with Crippen molar-refractivity contribution in [2.24, 2.45) is 0 Å². The van der Waals surface area contributed by atoms with E-state index >= 15 is 0 Å². The fourth-order valence-corrected chi connectivity index (χ4v) is 5.32. The van der Waals surface area contributed by atoms with Crippen LogP contribution in [0, 0.1) is 0 Å². The summed E-state index contributed by atoms with van der Waals surface area (Å²) in [6.07, 6.45) is 1.16. The van der Waals surface area contributed by atoms with Crippen LogP contribution in [0.1, 0.15) is 48.5 Å². The van der Waals surface area contributed by atoms with Gasteiger partial charge in [0.2, 0.25) is 11.8 Å². The molecule has 0 bridgehead atoms. The second-order valence-corrected chi connectivity index (χ2v) is 8.81. The van der Waals surface area contributed by atoms with Gasteiger partial charge in [-0.3, -0.25) is 14.4 Å². The maximum Gasteiger partial charge on any atom is 0.330 e. The van der Waals surface area contributed by atoms with Crippen LogP contribution in [0.2, 0.25) is 0 Å². The highest BCUT2D eigenvalue weighted by Gasteiger charge is 2.53. The van der Waals surface area contributed by atoms with Gasteiger partial charge in [-0.15, -0.1) is 11.8 Å². The third kappa shape index (κ3) is 2.92. The van der Waals surface area contributed by atoms with Crippen LogP contribution < -0.4 is 5.32 Å². The first-order valence-electron chi connectivity index (χ1n) is 8.91. The van der Waals surface area contributed by atoms with Crippen LogP contribution in [0.5, 0.6) is 0 Å². The van der Waals surface area contributed by atoms with Crippen molar-refractivity contribution in [3.05, 3.63) is 29.3 Å². The smallest absolute Gasteiger partial charge is 0.330 e. The van der Waals surface area contributed by atoms with Gasteiger partial charge in [-0.2, -0.15) is 0 Å². The zero-order chi connectivity index (χ0) is 19.3. The van der Waals surface area contributed by atoms with Crippen LogP contribution >= 0.6 is 11.8 Å². The monoisotopic (exact) mass is 388 g/mol. The molecule has 142 valence electrons. The fourth-order valence-electron chi connectivity index (χ4n) is 3.90. The Hall–Kier alpha value is -2.35. The average Bonchev–Trinajstić information content (AvgIpc) is 3.24. The molecule has 0 unspecified atom stereocenters. The van der Waals surface area contributed by atoms with Gasteiger partial charge in [0.15, 0.2) is 12.4 Å². The summed E-state index contributed by atoms with van der Waals surface area (Å²) in [7, 11) is 0. The van der Waals surface area contributed by atoms with Crippen molar-refractivity contribution in [1.82, 2.24) is 4.90 Å². The lowest BCUT2D eigenvalue weighted by molar-refractivity contribution is -0.152. The Balaban J connectivity index is 1.41. The third-order valence-corrected chi connectivity index (χ3v) is 7.06. The van der Waals surface area contributed by atoms with Crippen molar-refractivity contribution in [3.63, 3.8) is 0 Å². The maximum absolute atomic E-state index is 12.5. The Morgan fingerprint density at radius 3 is 2.93 bits per heavy atom. The predicted octanol–water partition coefficient (Wildman–Crippen LogP) is 1.92. The molecule has 7 nitrogen and oxygen atoms in total. The lowest BCUT2D eigenvalue weighted by Crippen LogP contribution is -2.46. The summed E-state index contributed by atoms with van der Waals surface area (Å²) in [5.41, 5.74) is 1.87. The average molecular weight is 388 g/mol. The highest BCUT2D eigenvalue weighted by Crippen LogP contribution is 2.47. The summed E-state index contributed by atoms with van der Waals surface area (Å²) in [5, 5.41) is 2.75. The number of esters is 1. The van der Waals surface area contributed by atoms with E-state index in [2.05, 4.69) is 5.32 Å². The van der Waals surface area contributed by atoms with Gasteiger partial charge in [-0.1, -0.05) is 0 Å². The normalized spacial score (nSPS) is 28.7. The summed E-state index contributed by atoms with van der Waals surface area (Å²) in [4.78, 5) is 50.0. The molecule has 0 saturated carbocycles. The van der Waals surface area contributed by atoms with Gasteiger partial charge in [0.1, 0.15) is 6.04 Å². The standard InChI is InChI=1S/C19H20N2O5S/c1-10-12-7-11(3-4-13(12)20-17(10)24)15(22)8-26-18(25)14-9-27-19(2)6-5-16(23)21(14)19/h3-4,7,10,14H,5-6,8-9H2,1-2H3,(H,20,24)/t10-,14+,19+/m1/s1. The minimum absolute atomic E-state index is 0.0412. The zero-order valence-corrected chi connectivity index (χ0v) is 15.9. The maximum atomic E-state index is 12.5. The van der Waals surface area contributed by atoms with Crippen molar-refractivity contribution in [2.75, 3.05) is 17.7 Å². The molecule has 3 heterocycles. The van der Waals surface area contributed by atoms with E-state index in [4.69, 9.17) is 4.74 Å². The molecule has 0 spiro atoms. The number of hydrogen-bond donors (Lipinski definition) is 1. The molecular weight excluding hydrogens is 368 g/mol. The lowest BCUT2D eigenvalue weighted by atomic mass is 9.99.